The van der Waals surface area contributed by atoms with Gasteiger partial charge in [-0.3, -0.25) is 0 Å². The van der Waals surface area contributed by atoms with Gasteiger partial charge in [0.05, 0.1) is 12.1 Å². The molecule has 1 heterocycles. The molecule has 0 aliphatic carbocycles. The van der Waals surface area contributed by atoms with Gasteiger partial charge >= 0.3 is 6.09 Å². The van der Waals surface area contributed by atoms with E-state index >= 15 is 0 Å². The average Bonchev–Trinajstić information content (AvgIpc) is 2.40. The lowest BCUT2D eigenvalue weighted by Crippen LogP contribution is -2.62. The Bertz CT molecular complexity index is 470. The summed E-state index contributed by atoms with van der Waals surface area (Å²) in [4.78, 5) is 13.4. The Balaban J connectivity index is 1.91. The van der Waals surface area contributed by atoms with Crippen molar-refractivity contribution in [3.63, 3.8) is 0 Å². The molecule has 0 bridgehead atoms. The first-order chi connectivity index (χ1) is 9.32. The molecule has 1 aromatic carbocycles. The van der Waals surface area contributed by atoms with E-state index in [1.54, 1.807) is 6.92 Å². The molecule has 110 valence electrons. The van der Waals surface area contributed by atoms with Crippen molar-refractivity contribution in [1.29, 1.82) is 0 Å². The molecule has 1 amide bonds. The van der Waals surface area contributed by atoms with Gasteiger partial charge in [-0.25, -0.2) is 4.79 Å². The number of carbonyl (C=O) groups is 1. The number of rotatable bonds is 2. The molecule has 20 heavy (non-hydrogen) atoms. The van der Waals surface area contributed by atoms with Gasteiger partial charge < -0.3 is 19.8 Å². The lowest BCUT2D eigenvalue weighted by atomic mass is 9.80. The molecule has 2 rings (SSSR count). The van der Waals surface area contributed by atoms with Crippen molar-refractivity contribution < 1.29 is 19.7 Å². The molecule has 1 aromatic rings. The second-order valence-electron chi connectivity index (χ2n) is 5.76. The molecule has 5 heteroatoms. The van der Waals surface area contributed by atoms with Crippen molar-refractivity contribution in [3.05, 3.63) is 35.9 Å². The highest BCUT2D eigenvalue weighted by atomic mass is 16.6. The Morgan fingerprint density at radius 3 is 2.50 bits per heavy atom. The van der Waals surface area contributed by atoms with Crippen molar-refractivity contribution >= 4 is 6.09 Å². The SMILES string of the molecule is C[C@]1(O)CN(C(=O)OCc2ccccc2)CC[C@@]1(C)O. The van der Waals surface area contributed by atoms with Crippen molar-refractivity contribution in [2.45, 2.75) is 38.1 Å². The fourth-order valence-corrected chi connectivity index (χ4v) is 2.21. The number of nitrogens with zero attached hydrogens (tertiary/aromatic N) is 1. The van der Waals surface area contributed by atoms with Gasteiger partial charge in [-0.15, -0.1) is 0 Å². The smallest absolute Gasteiger partial charge is 0.410 e. The molecule has 0 spiro atoms. The molecule has 1 aliphatic heterocycles. The molecule has 0 unspecified atom stereocenters. The van der Waals surface area contributed by atoms with Crippen LogP contribution in [0.3, 0.4) is 0 Å². The maximum Gasteiger partial charge on any atom is 0.410 e. The monoisotopic (exact) mass is 279 g/mol. The van der Waals surface area contributed by atoms with Crippen LogP contribution in [0, 0.1) is 0 Å². The van der Waals surface area contributed by atoms with Crippen LogP contribution in [0.2, 0.25) is 0 Å². The molecule has 2 N–H and O–H groups in total. The first kappa shape index (κ1) is 14.8. The molecular formula is C15H21NO4. The van der Waals surface area contributed by atoms with Crippen molar-refractivity contribution in [2.24, 2.45) is 0 Å². The molecule has 2 atom stereocenters. The van der Waals surface area contributed by atoms with Gasteiger partial charge in [0.25, 0.3) is 0 Å². The average molecular weight is 279 g/mol. The van der Waals surface area contributed by atoms with Crippen LogP contribution in [-0.4, -0.2) is 45.5 Å². The van der Waals surface area contributed by atoms with Gasteiger partial charge in [0.1, 0.15) is 12.2 Å². The Hall–Kier alpha value is -1.59. The van der Waals surface area contributed by atoms with E-state index < -0.39 is 17.3 Å². The molecule has 1 aliphatic rings. The fourth-order valence-electron chi connectivity index (χ4n) is 2.21. The quantitative estimate of drug-likeness (QED) is 0.861. The zero-order chi connectivity index (χ0) is 14.8. The number of likely N-dealkylation sites (tertiary alicyclic amines) is 1. The van der Waals surface area contributed by atoms with Crippen molar-refractivity contribution in [2.75, 3.05) is 13.1 Å². The summed E-state index contributed by atoms with van der Waals surface area (Å²) < 4.78 is 5.22. The number of hydrogen-bond donors (Lipinski definition) is 2. The van der Waals surface area contributed by atoms with E-state index in [-0.39, 0.29) is 13.2 Å². The Morgan fingerprint density at radius 2 is 1.90 bits per heavy atom. The van der Waals surface area contributed by atoms with Crippen molar-refractivity contribution in [3.8, 4) is 0 Å². The third-order valence-electron chi connectivity index (χ3n) is 3.99. The van der Waals surface area contributed by atoms with Crippen LogP contribution in [0.25, 0.3) is 0 Å². The second-order valence-corrected chi connectivity index (χ2v) is 5.76. The summed E-state index contributed by atoms with van der Waals surface area (Å²) in [6.45, 7) is 3.75. The van der Waals surface area contributed by atoms with Gasteiger partial charge in [-0.1, -0.05) is 30.3 Å². The number of aliphatic hydroxyl groups is 2. The minimum Gasteiger partial charge on any atom is -0.445 e. The van der Waals surface area contributed by atoms with Gasteiger partial charge in [0, 0.05) is 6.54 Å². The van der Waals surface area contributed by atoms with Gasteiger partial charge in [-0.05, 0) is 25.8 Å². The maximum absolute atomic E-state index is 12.0. The largest absolute Gasteiger partial charge is 0.445 e. The molecule has 0 radical (unpaired) electrons. The number of β-amino-alcohol motifs (C(OH)–C–C–N with tert-alkyl or cyclic N) is 1. The highest BCUT2D eigenvalue weighted by molar-refractivity contribution is 5.68. The Morgan fingerprint density at radius 1 is 1.25 bits per heavy atom. The Labute approximate surface area is 118 Å². The zero-order valence-electron chi connectivity index (χ0n) is 11.9. The van der Waals surface area contributed by atoms with E-state index in [0.717, 1.165) is 5.56 Å². The first-order valence-electron chi connectivity index (χ1n) is 6.72. The third-order valence-corrected chi connectivity index (χ3v) is 3.99. The van der Waals surface area contributed by atoms with E-state index in [1.807, 2.05) is 30.3 Å². The zero-order valence-corrected chi connectivity index (χ0v) is 11.9. The van der Waals surface area contributed by atoms with E-state index in [0.29, 0.717) is 13.0 Å². The lowest BCUT2D eigenvalue weighted by molar-refractivity contribution is -0.165. The molecule has 0 saturated carbocycles. The Kier molecular flexibility index (Phi) is 4.01. The highest BCUT2D eigenvalue weighted by Gasteiger charge is 2.47. The number of piperidine rings is 1. The van der Waals surface area contributed by atoms with Gasteiger partial charge in [0.2, 0.25) is 0 Å². The summed E-state index contributed by atoms with van der Waals surface area (Å²) in [5.74, 6) is 0. The predicted molar refractivity (Wildman–Crippen MR) is 74.1 cm³/mol. The number of hydrogen-bond acceptors (Lipinski definition) is 4. The summed E-state index contributed by atoms with van der Waals surface area (Å²) in [5, 5.41) is 20.3. The molecular weight excluding hydrogens is 258 g/mol. The minimum atomic E-state index is -1.34. The summed E-state index contributed by atoms with van der Waals surface area (Å²) in [5.41, 5.74) is -1.61. The van der Waals surface area contributed by atoms with Crippen LogP contribution in [-0.2, 0) is 11.3 Å². The molecule has 0 aromatic heterocycles. The number of ether oxygens (including phenoxy) is 1. The topological polar surface area (TPSA) is 70.0 Å². The summed E-state index contributed by atoms with van der Waals surface area (Å²) in [6, 6.07) is 9.42. The minimum absolute atomic E-state index is 0.0631. The van der Waals surface area contributed by atoms with Crippen LogP contribution in [0.4, 0.5) is 4.79 Å². The summed E-state index contributed by atoms with van der Waals surface area (Å²) in [6.07, 6.45) is -0.148. The second kappa shape index (κ2) is 5.42. The lowest BCUT2D eigenvalue weighted by Gasteiger charge is -2.46. The van der Waals surface area contributed by atoms with Gasteiger partial charge in [-0.2, -0.15) is 0 Å². The van der Waals surface area contributed by atoms with Crippen LogP contribution in [0.5, 0.6) is 0 Å². The van der Waals surface area contributed by atoms with Gasteiger partial charge in [0.15, 0.2) is 0 Å². The van der Waals surface area contributed by atoms with Crippen LogP contribution >= 0.6 is 0 Å². The standard InChI is InChI=1S/C15H21NO4/c1-14(18)8-9-16(11-15(14,2)19)13(17)20-10-12-6-4-3-5-7-12/h3-7,18-19H,8-11H2,1-2H3/t14-,15+/m1/s1. The van der Waals surface area contributed by atoms with E-state index in [1.165, 1.54) is 11.8 Å². The van der Waals surface area contributed by atoms with E-state index in [2.05, 4.69) is 0 Å². The normalized spacial score (nSPS) is 30.1. The number of carbonyl (C=O) groups excluding carboxylic acids is 1. The fraction of sp³-hybridized carbons (Fsp3) is 0.533. The van der Waals surface area contributed by atoms with E-state index in [9.17, 15) is 15.0 Å². The van der Waals surface area contributed by atoms with Crippen LogP contribution < -0.4 is 0 Å². The third kappa shape index (κ3) is 3.11. The van der Waals surface area contributed by atoms with Crippen LogP contribution in [0.1, 0.15) is 25.8 Å². The number of benzene rings is 1. The van der Waals surface area contributed by atoms with Crippen LogP contribution in [0.15, 0.2) is 30.3 Å². The summed E-state index contributed by atoms with van der Waals surface area (Å²) in [7, 11) is 0. The van der Waals surface area contributed by atoms with E-state index in [4.69, 9.17) is 4.74 Å². The predicted octanol–water partition coefficient (Wildman–Crippen LogP) is 1.53. The number of amides is 1. The maximum atomic E-state index is 12.0. The highest BCUT2D eigenvalue weighted by Crippen LogP contribution is 2.31. The molecule has 5 nitrogen and oxygen atoms in total. The molecule has 1 fully saturated rings. The van der Waals surface area contributed by atoms with Crippen molar-refractivity contribution in [1.82, 2.24) is 4.90 Å². The molecule has 1 saturated heterocycles. The first-order valence-corrected chi connectivity index (χ1v) is 6.72. The summed E-state index contributed by atoms with van der Waals surface area (Å²) >= 11 is 0.